The summed E-state index contributed by atoms with van der Waals surface area (Å²) in [6, 6.07) is 10.6. The number of aryl methyl sites for hydroxylation is 1. The van der Waals surface area contributed by atoms with Crippen LogP contribution in [0.15, 0.2) is 30.3 Å². The van der Waals surface area contributed by atoms with Gasteiger partial charge in [0.25, 0.3) is 0 Å². The van der Waals surface area contributed by atoms with E-state index in [-0.39, 0.29) is 29.6 Å². The Balaban J connectivity index is 0.00000242. The second-order valence-corrected chi connectivity index (χ2v) is 6.91. The molecule has 1 aliphatic rings. The molecule has 2 N–H and O–H groups in total. The molecular formula is C18H29ClN2O. The van der Waals surface area contributed by atoms with Gasteiger partial charge in [0, 0.05) is 13.1 Å². The molecule has 0 bridgehead atoms. The summed E-state index contributed by atoms with van der Waals surface area (Å²) < 4.78 is 0. The van der Waals surface area contributed by atoms with E-state index in [0.29, 0.717) is 0 Å². The molecule has 0 aromatic heterocycles. The van der Waals surface area contributed by atoms with Gasteiger partial charge >= 0.3 is 0 Å². The Morgan fingerprint density at radius 1 is 1.32 bits per heavy atom. The maximum atomic E-state index is 12.0. The molecule has 3 nitrogen and oxygen atoms in total. The number of nitrogens with one attached hydrogen (secondary N) is 2. The summed E-state index contributed by atoms with van der Waals surface area (Å²) in [4.78, 5) is 12.0. The number of hydrogen-bond donors (Lipinski definition) is 2. The second kappa shape index (κ2) is 9.16. The van der Waals surface area contributed by atoms with Crippen LogP contribution in [-0.4, -0.2) is 25.5 Å². The van der Waals surface area contributed by atoms with Crippen molar-refractivity contribution in [2.24, 2.45) is 11.3 Å². The minimum absolute atomic E-state index is 0. The van der Waals surface area contributed by atoms with Crippen LogP contribution in [0, 0.1) is 11.3 Å². The van der Waals surface area contributed by atoms with Crippen molar-refractivity contribution in [2.45, 2.75) is 39.5 Å². The summed E-state index contributed by atoms with van der Waals surface area (Å²) in [5.74, 6) is 0.390. The predicted octanol–water partition coefficient (Wildman–Crippen LogP) is 3.18. The van der Waals surface area contributed by atoms with Gasteiger partial charge in [-0.05, 0) is 43.2 Å². The topological polar surface area (TPSA) is 41.1 Å². The molecule has 4 heteroatoms. The average molecular weight is 325 g/mol. The molecule has 0 saturated carbocycles. The molecular weight excluding hydrogens is 296 g/mol. The smallest absolute Gasteiger partial charge is 0.224 e. The Morgan fingerprint density at radius 3 is 2.68 bits per heavy atom. The number of rotatable bonds is 7. The van der Waals surface area contributed by atoms with Crippen LogP contribution in [0.5, 0.6) is 0 Å². The predicted molar refractivity (Wildman–Crippen MR) is 94.4 cm³/mol. The van der Waals surface area contributed by atoms with E-state index in [1.807, 2.05) is 0 Å². The van der Waals surface area contributed by atoms with Crippen molar-refractivity contribution in [1.29, 1.82) is 0 Å². The number of carbonyl (C=O) groups excluding carboxylic acids is 1. The highest BCUT2D eigenvalue weighted by Gasteiger charge is 2.24. The van der Waals surface area contributed by atoms with Crippen molar-refractivity contribution in [3.8, 4) is 0 Å². The summed E-state index contributed by atoms with van der Waals surface area (Å²) in [7, 11) is 0. The van der Waals surface area contributed by atoms with Crippen LogP contribution >= 0.6 is 12.4 Å². The van der Waals surface area contributed by atoms with Gasteiger partial charge in [-0.2, -0.15) is 0 Å². The Bertz CT molecular complexity index is 442. The zero-order chi connectivity index (χ0) is 15.1. The van der Waals surface area contributed by atoms with Crippen LogP contribution in [0.4, 0.5) is 0 Å². The molecule has 1 heterocycles. The maximum Gasteiger partial charge on any atom is 0.224 e. The number of hydrogen-bond acceptors (Lipinski definition) is 2. The SMILES string of the molecule is CC(C)(CCCc1ccccc1)CNC(=O)C1CCNC1.Cl. The van der Waals surface area contributed by atoms with Gasteiger partial charge in [0.1, 0.15) is 0 Å². The van der Waals surface area contributed by atoms with Crippen molar-refractivity contribution in [3.05, 3.63) is 35.9 Å². The molecule has 124 valence electrons. The molecule has 1 aromatic carbocycles. The van der Waals surface area contributed by atoms with Crippen LogP contribution in [0.3, 0.4) is 0 Å². The average Bonchev–Trinajstić information content (AvgIpc) is 3.00. The summed E-state index contributed by atoms with van der Waals surface area (Å²) >= 11 is 0. The zero-order valence-corrected chi connectivity index (χ0v) is 14.5. The van der Waals surface area contributed by atoms with E-state index in [0.717, 1.165) is 45.3 Å². The Hall–Kier alpha value is -1.06. The van der Waals surface area contributed by atoms with Crippen molar-refractivity contribution < 1.29 is 4.79 Å². The van der Waals surface area contributed by atoms with Crippen LogP contribution < -0.4 is 10.6 Å². The fourth-order valence-corrected chi connectivity index (χ4v) is 2.85. The van der Waals surface area contributed by atoms with Gasteiger partial charge in [-0.1, -0.05) is 44.2 Å². The fourth-order valence-electron chi connectivity index (χ4n) is 2.85. The third kappa shape index (κ3) is 6.37. The highest BCUT2D eigenvalue weighted by molar-refractivity contribution is 5.85. The molecule has 1 atom stereocenters. The molecule has 0 spiro atoms. The summed E-state index contributed by atoms with van der Waals surface area (Å²) in [6.45, 7) is 7.06. The van der Waals surface area contributed by atoms with Gasteiger partial charge in [-0.25, -0.2) is 0 Å². The van der Waals surface area contributed by atoms with E-state index in [1.54, 1.807) is 0 Å². The van der Waals surface area contributed by atoms with Gasteiger partial charge in [0.2, 0.25) is 5.91 Å². The molecule has 22 heavy (non-hydrogen) atoms. The lowest BCUT2D eigenvalue weighted by Gasteiger charge is -2.25. The first kappa shape index (κ1) is 19.0. The molecule has 1 unspecified atom stereocenters. The molecule has 1 aromatic rings. The minimum Gasteiger partial charge on any atom is -0.355 e. The lowest BCUT2D eigenvalue weighted by molar-refractivity contribution is -0.124. The molecule has 2 rings (SSSR count). The molecule has 1 aliphatic heterocycles. The molecule has 0 radical (unpaired) electrons. The summed E-state index contributed by atoms with van der Waals surface area (Å²) in [6.07, 6.45) is 4.38. The highest BCUT2D eigenvalue weighted by Crippen LogP contribution is 2.23. The third-order valence-electron chi connectivity index (χ3n) is 4.33. The van der Waals surface area contributed by atoms with Crippen molar-refractivity contribution in [3.63, 3.8) is 0 Å². The standard InChI is InChI=1S/C18H28N2O.ClH/c1-18(2,11-6-9-15-7-4-3-5-8-15)14-20-17(21)16-10-12-19-13-16;/h3-5,7-8,16,19H,6,9-14H2,1-2H3,(H,20,21);1H. The van der Waals surface area contributed by atoms with Crippen molar-refractivity contribution >= 4 is 18.3 Å². The number of carbonyl (C=O) groups is 1. The second-order valence-electron chi connectivity index (χ2n) is 6.91. The van der Waals surface area contributed by atoms with Gasteiger partial charge in [-0.15, -0.1) is 12.4 Å². The normalized spacial score (nSPS) is 17.8. The van der Waals surface area contributed by atoms with E-state index in [4.69, 9.17) is 0 Å². The van der Waals surface area contributed by atoms with Gasteiger partial charge in [0.05, 0.1) is 5.92 Å². The Morgan fingerprint density at radius 2 is 2.05 bits per heavy atom. The lowest BCUT2D eigenvalue weighted by Crippen LogP contribution is -2.38. The van der Waals surface area contributed by atoms with E-state index < -0.39 is 0 Å². The van der Waals surface area contributed by atoms with Crippen molar-refractivity contribution in [2.75, 3.05) is 19.6 Å². The number of amides is 1. The van der Waals surface area contributed by atoms with Gasteiger partial charge < -0.3 is 10.6 Å². The maximum absolute atomic E-state index is 12.0. The van der Waals surface area contributed by atoms with Crippen LogP contribution in [0.2, 0.25) is 0 Å². The van der Waals surface area contributed by atoms with E-state index in [9.17, 15) is 4.79 Å². The number of benzene rings is 1. The first-order chi connectivity index (χ1) is 10.1. The van der Waals surface area contributed by atoms with Crippen LogP contribution in [-0.2, 0) is 11.2 Å². The van der Waals surface area contributed by atoms with E-state index in [2.05, 4.69) is 54.8 Å². The largest absolute Gasteiger partial charge is 0.355 e. The first-order valence-electron chi connectivity index (χ1n) is 8.09. The minimum atomic E-state index is 0. The molecule has 1 fully saturated rings. The quantitative estimate of drug-likeness (QED) is 0.808. The molecule has 1 amide bonds. The van der Waals surface area contributed by atoms with Crippen molar-refractivity contribution in [1.82, 2.24) is 10.6 Å². The van der Waals surface area contributed by atoms with E-state index >= 15 is 0 Å². The molecule has 0 aliphatic carbocycles. The Kier molecular flexibility index (Phi) is 7.91. The monoisotopic (exact) mass is 324 g/mol. The Labute approximate surface area is 140 Å². The summed E-state index contributed by atoms with van der Waals surface area (Å²) in [5.41, 5.74) is 1.56. The fraction of sp³-hybridized carbons (Fsp3) is 0.611. The van der Waals surface area contributed by atoms with E-state index in [1.165, 1.54) is 5.56 Å². The summed E-state index contributed by atoms with van der Waals surface area (Å²) in [5, 5.41) is 6.38. The lowest BCUT2D eigenvalue weighted by atomic mass is 9.86. The zero-order valence-electron chi connectivity index (χ0n) is 13.7. The molecule has 1 saturated heterocycles. The van der Waals surface area contributed by atoms with Gasteiger partial charge in [0.15, 0.2) is 0 Å². The number of halogens is 1. The van der Waals surface area contributed by atoms with Crippen LogP contribution in [0.1, 0.15) is 38.7 Å². The van der Waals surface area contributed by atoms with Crippen LogP contribution in [0.25, 0.3) is 0 Å². The first-order valence-corrected chi connectivity index (χ1v) is 8.09. The third-order valence-corrected chi connectivity index (χ3v) is 4.33. The van der Waals surface area contributed by atoms with Gasteiger partial charge in [-0.3, -0.25) is 4.79 Å². The highest BCUT2D eigenvalue weighted by atomic mass is 35.5.